The van der Waals surface area contributed by atoms with Gasteiger partial charge < -0.3 is 14.2 Å². The molecule has 0 rings (SSSR count). The fraction of sp³-hybridized carbons (Fsp3) is 0.941. The lowest BCUT2D eigenvalue weighted by Gasteiger charge is -2.18. The van der Waals surface area contributed by atoms with Crippen LogP contribution in [0.5, 0.6) is 0 Å². The molecule has 0 amide bonds. The third-order valence-electron chi connectivity index (χ3n) is 11.5. The second-order valence-corrected chi connectivity index (χ2v) is 18.4. The zero-order chi connectivity index (χ0) is 41.9. The molecule has 0 unspecified atom stereocenters. The van der Waals surface area contributed by atoms with Crippen molar-refractivity contribution in [3.8, 4) is 0 Å². The van der Waals surface area contributed by atoms with E-state index >= 15 is 0 Å². The van der Waals surface area contributed by atoms with Gasteiger partial charge in [-0.25, -0.2) is 0 Å². The molecule has 338 valence electrons. The van der Waals surface area contributed by atoms with Gasteiger partial charge in [0.25, 0.3) is 0 Å². The highest BCUT2D eigenvalue weighted by molar-refractivity contribution is 5.71. The average Bonchev–Trinajstić information content (AvgIpc) is 3.18. The second kappa shape index (κ2) is 44.0. The highest BCUT2D eigenvalue weighted by Gasteiger charge is 2.19. The van der Waals surface area contributed by atoms with E-state index in [1.54, 1.807) is 0 Å². The van der Waals surface area contributed by atoms with Crippen LogP contribution in [-0.2, 0) is 28.6 Å². The molecule has 0 aromatic heterocycles. The van der Waals surface area contributed by atoms with Crippen molar-refractivity contribution in [3.05, 3.63) is 0 Å². The maximum absolute atomic E-state index is 12.7. The number of hydrogen-bond donors (Lipinski definition) is 0. The van der Waals surface area contributed by atoms with Crippen LogP contribution in [0.1, 0.15) is 279 Å². The molecule has 57 heavy (non-hydrogen) atoms. The number of hydrogen-bond acceptors (Lipinski definition) is 6. The monoisotopic (exact) mass is 807 g/mol. The molecular formula is C51H98O6. The van der Waals surface area contributed by atoms with E-state index in [4.69, 9.17) is 14.2 Å². The van der Waals surface area contributed by atoms with Crippen LogP contribution in [0.2, 0.25) is 0 Å². The van der Waals surface area contributed by atoms with Crippen molar-refractivity contribution < 1.29 is 28.6 Å². The first-order chi connectivity index (χ1) is 27.7. The standard InChI is InChI=1S/C51H98O6/c1-6-7-8-9-10-19-26-31-36-41-49(52)55-44-48(57-51(54)43-38-33-28-23-18-17-21-25-30-35-40-47(4)5)45-56-50(53)42-37-32-27-22-16-14-12-11-13-15-20-24-29-34-39-46(2)3/h46-48H,6-45H2,1-5H3/t48-/m0/s1. The molecule has 0 saturated carbocycles. The van der Waals surface area contributed by atoms with Crippen molar-refractivity contribution in [2.24, 2.45) is 11.8 Å². The number of unbranched alkanes of at least 4 members (excludes halogenated alkanes) is 30. The van der Waals surface area contributed by atoms with Crippen molar-refractivity contribution in [1.82, 2.24) is 0 Å². The van der Waals surface area contributed by atoms with Gasteiger partial charge in [-0.15, -0.1) is 0 Å². The second-order valence-electron chi connectivity index (χ2n) is 18.4. The molecule has 0 spiro atoms. The molecule has 0 radical (unpaired) electrons. The Bertz CT molecular complexity index is 870. The predicted molar refractivity (Wildman–Crippen MR) is 243 cm³/mol. The van der Waals surface area contributed by atoms with Crippen LogP contribution in [0.4, 0.5) is 0 Å². The maximum atomic E-state index is 12.7. The van der Waals surface area contributed by atoms with Gasteiger partial charge in [0.15, 0.2) is 6.10 Å². The van der Waals surface area contributed by atoms with Gasteiger partial charge in [-0.3, -0.25) is 14.4 Å². The third-order valence-corrected chi connectivity index (χ3v) is 11.5. The number of rotatable bonds is 45. The first-order valence-corrected chi connectivity index (χ1v) is 25.2. The van der Waals surface area contributed by atoms with E-state index < -0.39 is 6.10 Å². The first-order valence-electron chi connectivity index (χ1n) is 25.2. The third kappa shape index (κ3) is 45.3. The summed E-state index contributed by atoms with van der Waals surface area (Å²) in [6.45, 7) is 11.3. The lowest BCUT2D eigenvalue weighted by Crippen LogP contribution is -2.30. The van der Waals surface area contributed by atoms with Gasteiger partial charge in [0.1, 0.15) is 13.2 Å². The largest absolute Gasteiger partial charge is 0.462 e. The zero-order valence-electron chi connectivity index (χ0n) is 39.0. The molecule has 6 heteroatoms. The summed E-state index contributed by atoms with van der Waals surface area (Å²) in [6.07, 6.45) is 43.8. The molecule has 0 aromatic rings. The minimum atomic E-state index is -0.760. The summed E-state index contributed by atoms with van der Waals surface area (Å²) in [4.78, 5) is 37.8. The molecule has 1 atom stereocenters. The van der Waals surface area contributed by atoms with Crippen molar-refractivity contribution >= 4 is 17.9 Å². The Morgan fingerprint density at radius 3 is 0.860 bits per heavy atom. The van der Waals surface area contributed by atoms with Crippen LogP contribution in [-0.4, -0.2) is 37.2 Å². The summed E-state index contributed by atoms with van der Waals surface area (Å²) in [5, 5.41) is 0. The lowest BCUT2D eigenvalue weighted by molar-refractivity contribution is -0.167. The molecule has 0 fully saturated rings. The summed E-state index contributed by atoms with van der Waals surface area (Å²) >= 11 is 0. The maximum Gasteiger partial charge on any atom is 0.306 e. The smallest absolute Gasteiger partial charge is 0.306 e. The van der Waals surface area contributed by atoms with Crippen molar-refractivity contribution in [2.45, 2.75) is 285 Å². The number of ether oxygens (including phenoxy) is 3. The quantitative estimate of drug-likeness (QED) is 0.0346. The number of esters is 3. The van der Waals surface area contributed by atoms with Gasteiger partial charge in [-0.2, -0.15) is 0 Å². The van der Waals surface area contributed by atoms with Gasteiger partial charge in [-0.1, -0.05) is 240 Å². The van der Waals surface area contributed by atoms with E-state index in [1.165, 1.54) is 167 Å². The van der Waals surface area contributed by atoms with E-state index in [0.717, 1.165) is 69.6 Å². The van der Waals surface area contributed by atoms with E-state index in [9.17, 15) is 14.4 Å². The Balaban J connectivity index is 4.26. The summed E-state index contributed by atoms with van der Waals surface area (Å²) in [6, 6.07) is 0. The molecule has 0 aliphatic rings. The van der Waals surface area contributed by atoms with E-state index in [0.29, 0.717) is 19.3 Å². The molecule has 6 nitrogen and oxygen atoms in total. The van der Waals surface area contributed by atoms with E-state index in [-0.39, 0.29) is 31.1 Å². The summed E-state index contributed by atoms with van der Waals surface area (Å²) in [7, 11) is 0. The van der Waals surface area contributed by atoms with Crippen molar-refractivity contribution in [2.75, 3.05) is 13.2 Å². The van der Waals surface area contributed by atoms with Crippen molar-refractivity contribution in [1.29, 1.82) is 0 Å². The predicted octanol–water partition coefficient (Wildman–Crippen LogP) is 16.1. The van der Waals surface area contributed by atoms with E-state index in [2.05, 4.69) is 34.6 Å². The van der Waals surface area contributed by atoms with Crippen LogP contribution >= 0.6 is 0 Å². The summed E-state index contributed by atoms with van der Waals surface area (Å²) < 4.78 is 16.8. The normalized spacial score (nSPS) is 12.1. The minimum Gasteiger partial charge on any atom is -0.462 e. The zero-order valence-corrected chi connectivity index (χ0v) is 39.0. The van der Waals surface area contributed by atoms with Gasteiger partial charge in [0.05, 0.1) is 0 Å². The molecule has 0 aliphatic heterocycles. The molecule has 0 saturated heterocycles. The highest BCUT2D eigenvalue weighted by Crippen LogP contribution is 2.17. The molecule has 0 aromatic carbocycles. The van der Waals surface area contributed by atoms with Crippen LogP contribution in [0.15, 0.2) is 0 Å². The molecular weight excluding hydrogens is 709 g/mol. The first kappa shape index (κ1) is 55.4. The SMILES string of the molecule is CCCCCCCCCCCC(=O)OC[C@@H](COC(=O)CCCCCCCCCCCCCCCCC(C)C)OC(=O)CCCCCCCCCCCCC(C)C. The molecule has 0 N–H and O–H groups in total. The Morgan fingerprint density at radius 2 is 0.579 bits per heavy atom. The van der Waals surface area contributed by atoms with Crippen LogP contribution in [0.25, 0.3) is 0 Å². The Hall–Kier alpha value is -1.59. The Kier molecular flexibility index (Phi) is 42.7. The number of carbonyl (C=O) groups is 3. The Labute approximate surface area is 355 Å². The Morgan fingerprint density at radius 1 is 0.333 bits per heavy atom. The number of carbonyl (C=O) groups excluding carboxylic acids is 3. The highest BCUT2D eigenvalue weighted by atomic mass is 16.6. The van der Waals surface area contributed by atoms with Gasteiger partial charge in [-0.05, 0) is 31.1 Å². The van der Waals surface area contributed by atoms with Crippen molar-refractivity contribution in [3.63, 3.8) is 0 Å². The summed E-state index contributed by atoms with van der Waals surface area (Å²) in [5.74, 6) is 0.808. The fourth-order valence-electron chi connectivity index (χ4n) is 7.64. The summed E-state index contributed by atoms with van der Waals surface area (Å²) in [5.41, 5.74) is 0. The van der Waals surface area contributed by atoms with Gasteiger partial charge >= 0.3 is 17.9 Å². The van der Waals surface area contributed by atoms with Crippen LogP contribution in [0, 0.1) is 11.8 Å². The van der Waals surface area contributed by atoms with E-state index in [1.807, 2.05) is 0 Å². The molecule has 0 aliphatic carbocycles. The fourth-order valence-corrected chi connectivity index (χ4v) is 7.64. The lowest BCUT2D eigenvalue weighted by atomic mass is 10.0. The average molecular weight is 807 g/mol. The molecule has 0 bridgehead atoms. The topological polar surface area (TPSA) is 78.9 Å². The van der Waals surface area contributed by atoms with Crippen LogP contribution < -0.4 is 0 Å². The van der Waals surface area contributed by atoms with Gasteiger partial charge in [0, 0.05) is 19.3 Å². The minimum absolute atomic E-state index is 0.0640. The van der Waals surface area contributed by atoms with Gasteiger partial charge in [0.2, 0.25) is 0 Å². The van der Waals surface area contributed by atoms with Crippen LogP contribution in [0.3, 0.4) is 0 Å². The molecule has 0 heterocycles.